The Labute approximate surface area is 88.9 Å². The summed E-state index contributed by atoms with van der Waals surface area (Å²) in [4.78, 5) is 18.3. The summed E-state index contributed by atoms with van der Waals surface area (Å²) in [5.74, 6) is 0. The number of hydrogen-bond donors (Lipinski definition) is 2. The Morgan fingerprint density at radius 1 is 1.47 bits per heavy atom. The lowest BCUT2D eigenvalue weighted by Gasteiger charge is -2.23. The highest BCUT2D eigenvalue weighted by atomic mass is 16.1. The standard InChI is InChI=1S/C11H17N3O/c1-11(2,6-12)9-7-4-3-5-8(7)13-10(15)14-9/h3-6,12H2,1-2H3,(H,13,14,15). The van der Waals surface area contributed by atoms with Crippen molar-refractivity contribution in [2.45, 2.75) is 38.5 Å². The number of H-pyrrole nitrogens is 1. The topological polar surface area (TPSA) is 71.8 Å². The van der Waals surface area contributed by atoms with Gasteiger partial charge in [0, 0.05) is 17.7 Å². The molecule has 0 fully saturated rings. The van der Waals surface area contributed by atoms with Crippen molar-refractivity contribution in [2.75, 3.05) is 6.54 Å². The van der Waals surface area contributed by atoms with E-state index >= 15 is 0 Å². The largest absolute Gasteiger partial charge is 0.345 e. The van der Waals surface area contributed by atoms with Gasteiger partial charge in [0.15, 0.2) is 0 Å². The number of aromatic nitrogens is 2. The summed E-state index contributed by atoms with van der Waals surface area (Å²) in [5, 5.41) is 0. The minimum absolute atomic E-state index is 0.206. The van der Waals surface area contributed by atoms with Gasteiger partial charge in [0.1, 0.15) is 0 Å². The number of nitrogens with two attached hydrogens (primary N) is 1. The molecule has 82 valence electrons. The van der Waals surface area contributed by atoms with Crippen LogP contribution in [0.5, 0.6) is 0 Å². The first kappa shape index (κ1) is 10.4. The zero-order valence-electron chi connectivity index (χ0n) is 9.26. The Morgan fingerprint density at radius 2 is 2.20 bits per heavy atom. The van der Waals surface area contributed by atoms with Gasteiger partial charge >= 0.3 is 5.69 Å². The number of aromatic amines is 1. The van der Waals surface area contributed by atoms with E-state index in [0.717, 1.165) is 30.7 Å². The normalized spacial score (nSPS) is 15.4. The highest BCUT2D eigenvalue weighted by Crippen LogP contribution is 2.28. The molecule has 0 aromatic carbocycles. The van der Waals surface area contributed by atoms with Crippen LogP contribution < -0.4 is 11.4 Å². The highest BCUT2D eigenvalue weighted by Gasteiger charge is 2.28. The van der Waals surface area contributed by atoms with Crippen LogP contribution in [0.2, 0.25) is 0 Å². The van der Waals surface area contributed by atoms with E-state index in [2.05, 4.69) is 9.97 Å². The average molecular weight is 207 g/mol. The molecule has 15 heavy (non-hydrogen) atoms. The minimum Gasteiger partial charge on any atom is -0.330 e. The van der Waals surface area contributed by atoms with Crippen molar-refractivity contribution in [3.63, 3.8) is 0 Å². The van der Waals surface area contributed by atoms with Gasteiger partial charge < -0.3 is 10.7 Å². The van der Waals surface area contributed by atoms with Gasteiger partial charge in [0.2, 0.25) is 0 Å². The van der Waals surface area contributed by atoms with Gasteiger partial charge in [-0.25, -0.2) is 4.79 Å². The van der Waals surface area contributed by atoms with Gasteiger partial charge in [0.25, 0.3) is 0 Å². The second kappa shape index (κ2) is 3.45. The van der Waals surface area contributed by atoms with Gasteiger partial charge in [-0.3, -0.25) is 0 Å². The maximum Gasteiger partial charge on any atom is 0.345 e. The summed E-state index contributed by atoms with van der Waals surface area (Å²) in [6, 6.07) is 0. The van der Waals surface area contributed by atoms with Crippen LogP contribution in [-0.4, -0.2) is 16.5 Å². The summed E-state index contributed by atoms with van der Waals surface area (Å²) >= 11 is 0. The van der Waals surface area contributed by atoms with E-state index < -0.39 is 0 Å². The summed E-state index contributed by atoms with van der Waals surface area (Å²) in [7, 11) is 0. The summed E-state index contributed by atoms with van der Waals surface area (Å²) in [6.45, 7) is 4.58. The molecule has 1 aliphatic rings. The molecule has 1 heterocycles. The number of rotatable bonds is 2. The predicted octanol–water partition coefficient (Wildman–Crippen LogP) is 0.495. The zero-order chi connectivity index (χ0) is 11.1. The zero-order valence-corrected chi connectivity index (χ0v) is 9.26. The lowest BCUT2D eigenvalue weighted by molar-refractivity contribution is 0.512. The van der Waals surface area contributed by atoms with Crippen LogP contribution in [0.1, 0.15) is 37.2 Å². The van der Waals surface area contributed by atoms with Crippen molar-refractivity contribution in [3.8, 4) is 0 Å². The molecule has 0 saturated heterocycles. The van der Waals surface area contributed by atoms with Gasteiger partial charge in [-0.15, -0.1) is 0 Å². The number of hydrogen-bond acceptors (Lipinski definition) is 3. The number of aryl methyl sites for hydroxylation is 1. The summed E-state index contributed by atoms with van der Waals surface area (Å²) < 4.78 is 0. The molecule has 1 aromatic heterocycles. The molecule has 0 atom stereocenters. The van der Waals surface area contributed by atoms with Crippen molar-refractivity contribution >= 4 is 0 Å². The van der Waals surface area contributed by atoms with Gasteiger partial charge in [-0.1, -0.05) is 13.8 Å². The fourth-order valence-electron chi connectivity index (χ4n) is 2.13. The summed E-state index contributed by atoms with van der Waals surface area (Å²) in [5.41, 5.74) is 8.45. The quantitative estimate of drug-likeness (QED) is 0.741. The van der Waals surface area contributed by atoms with Crippen molar-refractivity contribution < 1.29 is 0 Å². The Kier molecular flexibility index (Phi) is 2.38. The maximum absolute atomic E-state index is 11.4. The first-order valence-electron chi connectivity index (χ1n) is 5.37. The Bertz CT molecular complexity index is 434. The van der Waals surface area contributed by atoms with E-state index in [1.54, 1.807) is 0 Å². The first-order chi connectivity index (χ1) is 7.04. The molecule has 2 rings (SSSR count). The van der Waals surface area contributed by atoms with E-state index in [-0.39, 0.29) is 11.1 Å². The molecule has 0 unspecified atom stereocenters. The highest BCUT2D eigenvalue weighted by molar-refractivity contribution is 5.33. The molecule has 0 aliphatic heterocycles. The average Bonchev–Trinajstić information content (AvgIpc) is 2.63. The lowest BCUT2D eigenvalue weighted by atomic mass is 9.86. The fourth-order valence-corrected chi connectivity index (χ4v) is 2.13. The number of fused-ring (bicyclic) bond motifs is 1. The monoisotopic (exact) mass is 207 g/mol. The smallest absolute Gasteiger partial charge is 0.330 e. The molecule has 0 spiro atoms. The lowest BCUT2D eigenvalue weighted by Crippen LogP contribution is -2.33. The molecule has 4 heteroatoms. The maximum atomic E-state index is 11.4. The van der Waals surface area contributed by atoms with E-state index in [1.165, 1.54) is 5.56 Å². The Balaban J connectivity index is 2.61. The molecular formula is C11H17N3O. The third-order valence-electron chi connectivity index (χ3n) is 3.13. The van der Waals surface area contributed by atoms with E-state index in [1.807, 2.05) is 13.8 Å². The first-order valence-corrected chi connectivity index (χ1v) is 5.37. The van der Waals surface area contributed by atoms with Crippen molar-refractivity contribution in [3.05, 3.63) is 27.4 Å². The van der Waals surface area contributed by atoms with Gasteiger partial charge in [-0.2, -0.15) is 4.98 Å². The van der Waals surface area contributed by atoms with Gasteiger partial charge in [-0.05, 0) is 24.8 Å². The number of nitrogens with zero attached hydrogens (tertiary/aromatic N) is 1. The van der Waals surface area contributed by atoms with E-state index in [0.29, 0.717) is 6.54 Å². The summed E-state index contributed by atoms with van der Waals surface area (Å²) in [6.07, 6.45) is 3.07. The van der Waals surface area contributed by atoms with Crippen molar-refractivity contribution in [1.29, 1.82) is 0 Å². The predicted molar refractivity (Wildman–Crippen MR) is 59.0 cm³/mol. The van der Waals surface area contributed by atoms with Crippen LogP contribution in [0.3, 0.4) is 0 Å². The van der Waals surface area contributed by atoms with Crippen LogP contribution in [0.15, 0.2) is 4.79 Å². The molecular weight excluding hydrogens is 190 g/mol. The molecule has 0 saturated carbocycles. The minimum atomic E-state index is -0.243. The third kappa shape index (κ3) is 1.69. The molecule has 0 bridgehead atoms. The Hall–Kier alpha value is -1.16. The number of nitrogens with one attached hydrogen (secondary N) is 1. The van der Waals surface area contributed by atoms with Gasteiger partial charge in [0.05, 0.1) is 5.69 Å². The van der Waals surface area contributed by atoms with E-state index in [4.69, 9.17) is 5.73 Å². The van der Waals surface area contributed by atoms with Crippen molar-refractivity contribution in [1.82, 2.24) is 9.97 Å². The molecule has 1 aromatic rings. The van der Waals surface area contributed by atoms with Crippen LogP contribution in [-0.2, 0) is 18.3 Å². The third-order valence-corrected chi connectivity index (χ3v) is 3.13. The van der Waals surface area contributed by atoms with Crippen LogP contribution in [0, 0.1) is 0 Å². The molecule has 0 amide bonds. The van der Waals surface area contributed by atoms with Crippen LogP contribution >= 0.6 is 0 Å². The fraction of sp³-hybridized carbons (Fsp3) is 0.636. The molecule has 1 aliphatic carbocycles. The van der Waals surface area contributed by atoms with E-state index in [9.17, 15) is 4.79 Å². The second-order valence-electron chi connectivity index (χ2n) is 4.79. The van der Waals surface area contributed by atoms with Crippen LogP contribution in [0.4, 0.5) is 0 Å². The van der Waals surface area contributed by atoms with Crippen LogP contribution in [0.25, 0.3) is 0 Å². The van der Waals surface area contributed by atoms with Crippen molar-refractivity contribution in [2.24, 2.45) is 5.73 Å². The molecule has 3 N–H and O–H groups in total. The SMILES string of the molecule is CC(C)(CN)c1nc(=O)[nH]c2c1CCC2. The second-order valence-corrected chi connectivity index (χ2v) is 4.79. The molecule has 0 radical (unpaired) electrons. The molecule has 4 nitrogen and oxygen atoms in total. The Morgan fingerprint density at radius 3 is 2.87 bits per heavy atom.